The standard InChI is InChI=1S/C10H12N2O3S/c1-15-8-4-2-7(3-5-8)12-10(16)11-6-9(13)14/h2-5H,6H2,1H3,(H,13,14)(H2,11,12,16). The number of anilines is 1. The number of nitrogens with one attached hydrogen (secondary N) is 2. The van der Waals surface area contributed by atoms with Crippen LogP contribution in [-0.4, -0.2) is 29.8 Å². The fourth-order valence-electron chi connectivity index (χ4n) is 1.01. The van der Waals surface area contributed by atoms with Gasteiger partial charge in [0.2, 0.25) is 0 Å². The highest BCUT2D eigenvalue weighted by Gasteiger charge is 2.00. The van der Waals surface area contributed by atoms with Crippen LogP contribution in [0, 0.1) is 0 Å². The molecular formula is C10H12N2O3S. The van der Waals surface area contributed by atoms with E-state index in [0.29, 0.717) is 0 Å². The SMILES string of the molecule is COc1ccc(NC(=S)NCC(=O)O)cc1. The van der Waals surface area contributed by atoms with Gasteiger partial charge in [-0.3, -0.25) is 4.79 Å². The number of carbonyl (C=O) groups is 1. The van der Waals surface area contributed by atoms with Crippen molar-refractivity contribution in [2.24, 2.45) is 0 Å². The van der Waals surface area contributed by atoms with E-state index in [1.165, 1.54) is 0 Å². The summed E-state index contributed by atoms with van der Waals surface area (Å²) in [6.45, 7) is -0.206. The minimum atomic E-state index is -0.959. The van der Waals surface area contributed by atoms with Crippen LogP contribution in [0.4, 0.5) is 5.69 Å². The Hall–Kier alpha value is -1.82. The number of ether oxygens (including phenoxy) is 1. The Balaban J connectivity index is 2.46. The lowest BCUT2D eigenvalue weighted by atomic mass is 10.3. The number of methoxy groups -OCH3 is 1. The summed E-state index contributed by atoms with van der Waals surface area (Å²) in [4.78, 5) is 10.3. The number of carboxylic acids is 1. The molecule has 0 aliphatic carbocycles. The van der Waals surface area contributed by atoms with Crippen molar-refractivity contribution in [3.8, 4) is 5.75 Å². The average molecular weight is 240 g/mol. The van der Waals surface area contributed by atoms with E-state index in [1.54, 1.807) is 31.4 Å². The Kier molecular flexibility index (Phi) is 4.53. The zero-order valence-electron chi connectivity index (χ0n) is 8.69. The van der Waals surface area contributed by atoms with Gasteiger partial charge < -0.3 is 20.5 Å². The molecule has 1 aromatic carbocycles. The maximum absolute atomic E-state index is 10.3. The van der Waals surface area contributed by atoms with Gasteiger partial charge in [0.25, 0.3) is 0 Å². The highest BCUT2D eigenvalue weighted by molar-refractivity contribution is 7.80. The molecule has 0 aliphatic heterocycles. The van der Waals surface area contributed by atoms with E-state index in [4.69, 9.17) is 22.1 Å². The molecule has 0 bridgehead atoms. The number of hydrogen-bond donors (Lipinski definition) is 3. The Morgan fingerprint density at radius 1 is 1.44 bits per heavy atom. The zero-order chi connectivity index (χ0) is 12.0. The first kappa shape index (κ1) is 12.3. The van der Waals surface area contributed by atoms with E-state index in [2.05, 4.69) is 10.6 Å². The largest absolute Gasteiger partial charge is 0.497 e. The van der Waals surface area contributed by atoms with Gasteiger partial charge in [-0.25, -0.2) is 0 Å². The molecule has 86 valence electrons. The summed E-state index contributed by atoms with van der Waals surface area (Å²) < 4.78 is 5.00. The van der Waals surface area contributed by atoms with Gasteiger partial charge >= 0.3 is 5.97 Å². The topological polar surface area (TPSA) is 70.6 Å². The highest BCUT2D eigenvalue weighted by atomic mass is 32.1. The van der Waals surface area contributed by atoms with Crippen LogP contribution in [0.3, 0.4) is 0 Å². The van der Waals surface area contributed by atoms with Crippen molar-refractivity contribution in [1.82, 2.24) is 5.32 Å². The van der Waals surface area contributed by atoms with Gasteiger partial charge in [0, 0.05) is 5.69 Å². The molecule has 5 nitrogen and oxygen atoms in total. The molecular weight excluding hydrogens is 228 g/mol. The van der Waals surface area contributed by atoms with Gasteiger partial charge in [-0.2, -0.15) is 0 Å². The second kappa shape index (κ2) is 5.92. The summed E-state index contributed by atoms with van der Waals surface area (Å²) >= 11 is 4.90. The molecule has 0 fully saturated rings. The van der Waals surface area contributed by atoms with Crippen LogP contribution in [0.5, 0.6) is 5.75 Å². The first-order chi connectivity index (χ1) is 7.61. The minimum absolute atomic E-state index is 0.206. The maximum Gasteiger partial charge on any atom is 0.322 e. The smallest absolute Gasteiger partial charge is 0.322 e. The summed E-state index contributed by atoms with van der Waals surface area (Å²) in [6.07, 6.45) is 0. The molecule has 0 spiro atoms. The van der Waals surface area contributed by atoms with Crippen molar-refractivity contribution in [3.05, 3.63) is 24.3 Å². The molecule has 0 radical (unpaired) electrons. The first-order valence-electron chi connectivity index (χ1n) is 4.52. The summed E-state index contributed by atoms with van der Waals surface area (Å²) in [6, 6.07) is 7.13. The van der Waals surface area contributed by atoms with E-state index < -0.39 is 5.97 Å². The molecule has 0 amide bonds. The monoisotopic (exact) mass is 240 g/mol. The lowest BCUT2D eigenvalue weighted by Crippen LogP contribution is -2.32. The molecule has 0 unspecified atom stereocenters. The average Bonchev–Trinajstić information content (AvgIpc) is 2.27. The number of hydrogen-bond acceptors (Lipinski definition) is 3. The summed E-state index contributed by atoms with van der Waals surface area (Å²) in [5.74, 6) is -0.214. The van der Waals surface area contributed by atoms with Gasteiger partial charge in [0.05, 0.1) is 7.11 Å². The lowest BCUT2D eigenvalue weighted by Gasteiger charge is -2.09. The third-order valence-corrected chi connectivity index (χ3v) is 1.99. The van der Waals surface area contributed by atoms with Crippen LogP contribution < -0.4 is 15.4 Å². The van der Waals surface area contributed by atoms with Crippen LogP contribution in [0.1, 0.15) is 0 Å². The highest BCUT2D eigenvalue weighted by Crippen LogP contribution is 2.14. The van der Waals surface area contributed by atoms with E-state index in [1.807, 2.05) is 0 Å². The second-order valence-electron chi connectivity index (χ2n) is 2.93. The zero-order valence-corrected chi connectivity index (χ0v) is 9.50. The maximum atomic E-state index is 10.3. The predicted molar refractivity (Wildman–Crippen MR) is 64.9 cm³/mol. The molecule has 0 aliphatic rings. The molecule has 1 rings (SSSR count). The van der Waals surface area contributed by atoms with E-state index in [0.717, 1.165) is 11.4 Å². The van der Waals surface area contributed by atoms with Crippen molar-refractivity contribution < 1.29 is 14.6 Å². The fraction of sp³-hybridized carbons (Fsp3) is 0.200. The third-order valence-electron chi connectivity index (χ3n) is 1.75. The second-order valence-corrected chi connectivity index (χ2v) is 3.34. The fourth-order valence-corrected chi connectivity index (χ4v) is 1.20. The van der Waals surface area contributed by atoms with Gasteiger partial charge in [-0.05, 0) is 36.5 Å². The molecule has 0 aromatic heterocycles. The normalized spacial score (nSPS) is 9.31. The van der Waals surface area contributed by atoms with Gasteiger partial charge in [0.1, 0.15) is 12.3 Å². The summed E-state index contributed by atoms with van der Waals surface area (Å²) in [7, 11) is 1.58. The van der Waals surface area contributed by atoms with Crippen LogP contribution >= 0.6 is 12.2 Å². The number of aliphatic carboxylic acids is 1. The van der Waals surface area contributed by atoms with E-state index >= 15 is 0 Å². The molecule has 0 saturated heterocycles. The Bertz CT molecular complexity index is 378. The van der Waals surface area contributed by atoms with Gasteiger partial charge in [0.15, 0.2) is 5.11 Å². The van der Waals surface area contributed by atoms with Crippen molar-refractivity contribution in [1.29, 1.82) is 0 Å². The molecule has 0 atom stereocenters. The molecule has 6 heteroatoms. The van der Waals surface area contributed by atoms with E-state index in [9.17, 15) is 4.79 Å². The third kappa shape index (κ3) is 4.14. The van der Waals surface area contributed by atoms with Crippen molar-refractivity contribution >= 4 is 29.0 Å². The van der Waals surface area contributed by atoms with Crippen LogP contribution in [0.25, 0.3) is 0 Å². The molecule has 0 heterocycles. The minimum Gasteiger partial charge on any atom is -0.497 e. The number of rotatable bonds is 4. The van der Waals surface area contributed by atoms with Crippen molar-refractivity contribution in [2.75, 3.05) is 19.0 Å². The predicted octanol–water partition coefficient (Wildman–Crippen LogP) is 1.07. The quantitative estimate of drug-likeness (QED) is 0.684. The number of benzene rings is 1. The van der Waals surface area contributed by atoms with Crippen LogP contribution in [0.2, 0.25) is 0 Å². The van der Waals surface area contributed by atoms with Crippen LogP contribution in [0.15, 0.2) is 24.3 Å². The van der Waals surface area contributed by atoms with Gasteiger partial charge in [-0.15, -0.1) is 0 Å². The Morgan fingerprint density at radius 2 is 2.06 bits per heavy atom. The number of thiocarbonyl (C=S) groups is 1. The molecule has 0 saturated carbocycles. The van der Waals surface area contributed by atoms with Crippen molar-refractivity contribution in [2.45, 2.75) is 0 Å². The summed E-state index contributed by atoms with van der Waals surface area (Å²) in [5.41, 5.74) is 0.767. The molecule has 16 heavy (non-hydrogen) atoms. The summed E-state index contributed by atoms with van der Waals surface area (Å²) in [5, 5.41) is 14.1. The van der Waals surface area contributed by atoms with E-state index in [-0.39, 0.29) is 11.7 Å². The molecule has 1 aromatic rings. The van der Waals surface area contributed by atoms with Crippen molar-refractivity contribution in [3.63, 3.8) is 0 Å². The van der Waals surface area contributed by atoms with Crippen LogP contribution in [-0.2, 0) is 4.79 Å². The Morgan fingerprint density at radius 3 is 2.56 bits per heavy atom. The number of carboxylic acid groups (broad SMARTS) is 1. The first-order valence-corrected chi connectivity index (χ1v) is 4.93. The lowest BCUT2D eigenvalue weighted by molar-refractivity contribution is -0.135. The Labute approximate surface area is 98.4 Å². The molecule has 3 N–H and O–H groups in total. The van der Waals surface area contributed by atoms with Gasteiger partial charge in [-0.1, -0.05) is 0 Å².